The van der Waals surface area contributed by atoms with Crippen LogP contribution in [-0.4, -0.2) is 5.11 Å². The second-order valence-corrected chi connectivity index (χ2v) is 1.82. The van der Waals surface area contributed by atoms with Crippen LogP contribution in [-0.2, 0) is 0 Å². The van der Waals surface area contributed by atoms with Gasteiger partial charge in [0.1, 0.15) is 0 Å². The van der Waals surface area contributed by atoms with Crippen molar-refractivity contribution in [3.8, 4) is 0 Å². The molecule has 0 aromatic rings. The van der Waals surface area contributed by atoms with Crippen molar-refractivity contribution in [2.24, 2.45) is 0 Å². The first-order valence-electron chi connectivity index (χ1n) is 2.67. The highest BCUT2D eigenvalue weighted by molar-refractivity contribution is 5.16. The molecule has 0 aliphatic rings. The van der Waals surface area contributed by atoms with Gasteiger partial charge in [0.05, 0.1) is 5.76 Å². The van der Waals surface area contributed by atoms with Crippen LogP contribution in [0.3, 0.4) is 0 Å². The average molecular weight is 112 g/mol. The van der Waals surface area contributed by atoms with Crippen LogP contribution in [0, 0.1) is 0 Å². The van der Waals surface area contributed by atoms with E-state index in [1.807, 2.05) is 19.9 Å². The molecule has 0 aliphatic heterocycles. The van der Waals surface area contributed by atoms with Gasteiger partial charge in [0.25, 0.3) is 0 Å². The molecule has 0 fully saturated rings. The zero-order valence-electron chi connectivity index (χ0n) is 5.60. The zero-order chi connectivity index (χ0) is 6.57. The summed E-state index contributed by atoms with van der Waals surface area (Å²) in [6.45, 7) is 5.54. The first kappa shape index (κ1) is 7.28. The fraction of sp³-hybridized carbons (Fsp3) is 0.429. The molecule has 0 spiro atoms. The highest BCUT2D eigenvalue weighted by atomic mass is 16.3. The Hall–Kier alpha value is -0.720. The quantitative estimate of drug-likeness (QED) is 0.408. The fourth-order valence-corrected chi connectivity index (χ4v) is 0.413. The molecule has 46 valence electrons. The van der Waals surface area contributed by atoms with Gasteiger partial charge in [-0.2, -0.15) is 0 Å². The molecule has 0 aromatic carbocycles. The van der Waals surface area contributed by atoms with E-state index in [4.69, 9.17) is 5.11 Å². The van der Waals surface area contributed by atoms with E-state index in [2.05, 4.69) is 0 Å². The number of rotatable bonds is 1. The smallest absolute Gasteiger partial charge is 0.0894 e. The molecule has 0 radical (unpaired) electrons. The Balaban J connectivity index is 3.89. The van der Waals surface area contributed by atoms with Gasteiger partial charge in [-0.15, -0.1) is 0 Å². The van der Waals surface area contributed by atoms with E-state index in [-0.39, 0.29) is 0 Å². The minimum atomic E-state index is 0.362. The first-order chi connectivity index (χ1) is 3.66. The van der Waals surface area contributed by atoms with Gasteiger partial charge in [0.15, 0.2) is 0 Å². The molecule has 0 saturated carbocycles. The lowest BCUT2D eigenvalue weighted by Crippen LogP contribution is -1.71. The van der Waals surface area contributed by atoms with E-state index in [9.17, 15) is 0 Å². The molecular formula is C7H12O. The number of aliphatic hydroxyl groups is 1. The summed E-state index contributed by atoms with van der Waals surface area (Å²) in [6, 6.07) is 0. The standard InChI is InChI=1S/C7H12O/c1-4-6(2)5-7(3)8/h4-5,8H,1-3H3/b6-4+,7-5+. The largest absolute Gasteiger partial charge is 0.513 e. The van der Waals surface area contributed by atoms with Crippen LogP contribution in [0.15, 0.2) is 23.5 Å². The molecule has 1 nitrogen and oxygen atoms in total. The molecule has 0 saturated heterocycles. The first-order valence-corrected chi connectivity index (χ1v) is 2.67. The molecule has 1 N–H and O–H groups in total. The summed E-state index contributed by atoms with van der Waals surface area (Å²) in [5.41, 5.74) is 1.09. The normalized spacial score (nSPS) is 14.4. The van der Waals surface area contributed by atoms with E-state index in [1.54, 1.807) is 13.0 Å². The maximum Gasteiger partial charge on any atom is 0.0894 e. The van der Waals surface area contributed by atoms with Gasteiger partial charge in [0.2, 0.25) is 0 Å². The predicted octanol–water partition coefficient (Wildman–Crippen LogP) is 2.41. The van der Waals surface area contributed by atoms with Crippen molar-refractivity contribution in [1.82, 2.24) is 0 Å². The molecular weight excluding hydrogens is 100 g/mol. The van der Waals surface area contributed by atoms with Crippen LogP contribution >= 0.6 is 0 Å². The van der Waals surface area contributed by atoms with Gasteiger partial charge in [-0.1, -0.05) is 11.6 Å². The van der Waals surface area contributed by atoms with Crippen LogP contribution in [0.2, 0.25) is 0 Å². The molecule has 0 amide bonds. The molecule has 0 rings (SSSR count). The number of allylic oxidation sites excluding steroid dienone is 4. The van der Waals surface area contributed by atoms with Gasteiger partial charge in [-0.05, 0) is 26.8 Å². The SMILES string of the molecule is C/C=C(C)/C=C(\C)O. The van der Waals surface area contributed by atoms with Crippen molar-refractivity contribution in [1.29, 1.82) is 0 Å². The van der Waals surface area contributed by atoms with Gasteiger partial charge < -0.3 is 5.11 Å². The fourth-order valence-electron chi connectivity index (χ4n) is 0.413. The van der Waals surface area contributed by atoms with Crippen molar-refractivity contribution >= 4 is 0 Å². The van der Waals surface area contributed by atoms with E-state index in [0.29, 0.717) is 5.76 Å². The van der Waals surface area contributed by atoms with Gasteiger partial charge in [-0.25, -0.2) is 0 Å². The van der Waals surface area contributed by atoms with Gasteiger partial charge in [0, 0.05) is 0 Å². The summed E-state index contributed by atoms with van der Waals surface area (Å²) in [6.07, 6.45) is 3.67. The third-order valence-electron chi connectivity index (χ3n) is 0.892. The molecule has 0 bridgehead atoms. The zero-order valence-corrected chi connectivity index (χ0v) is 5.60. The Morgan fingerprint density at radius 3 is 2.00 bits per heavy atom. The summed E-state index contributed by atoms with van der Waals surface area (Å²) >= 11 is 0. The minimum absolute atomic E-state index is 0.362. The summed E-state index contributed by atoms with van der Waals surface area (Å²) < 4.78 is 0. The van der Waals surface area contributed by atoms with E-state index in [0.717, 1.165) is 5.57 Å². The number of hydrogen-bond acceptors (Lipinski definition) is 1. The Morgan fingerprint density at radius 1 is 1.38 bits per heavy atom. The lowest BCUT2D eigenvalue weighted by molar-refractivity contribution is 0.414. The van der Waals surface area contributed by atoms with Crippen molar-refractivity contribution in [3.05, 3.63) is 23.5 Å². The van der Waals surface area contributed by atoms with Crippen molar-refractivity contribution in [3.63, 3.8) is 0 Å². The van der Waals surface area contributed by atoms with Crippen molar-refractivity contribution < 1.29 is 5.11 Å². The molecule has 8 heavy (non-hydrogen) atoms. The van der Waals surface area contributed by atoms with Crippen LogP contribution < -0.4 is 0 Å². The van der Waals surface area contributed by atoms with Crippen LogP contribution in [0.1, 0.15) is 20.8 Å². The molecule has 0 unspecified atom stereocenters. The van der Waals surface area contributed by atoms with Crippen molar-refractivity contribution in [2.75, 3.05) is 0 Å². The molecule has 0 aromatic heterocycles. The Labute approximate surface area is 50.3 Å². The van der Waals surface area contributed by atoms with Crippen molar-refractivity contribution in [2.45, 2.75) is 20.8 Å². The van der Waals surface area contributed by atoms with Gasteiger partial charge in [-0.3, -0.25) is 0 Å². The third-order valence-corrected chi connectivity index (χ3v) is 0.892. The minimum Gasteiger partial charge on any atom is -0.513 e. The van der Waals surface area contributed by atoms with E-state index in [1.165, 1.54) is 0 Å². The average Bonchev–Trinajstić information content (AvgIpc) is 1.65. The van der Waals surface area contributed by atoms with Gasteiger partial charge >= 0.3 is 0 Å². The maximum atomic E-state index is 8.67. The molecule has 0 heterocycles. The second-order valence-electron chi connectivity index (χ2n) is 1.82. The van der Waals surface area contributed by atoms with E-state index >= 15 is 0 Å². The highest BCUT2D eigenvalue weighted by Gasteiger charge is 1.79. The number of hydrogen-bond donors (Lipinski definition) is 1. The monoisotopic (exact) mass is 112 g/mol. The van der Waals surface area contributed by atoms with E-state index < -0.39 is 0 Å². The Kier molecular flexibility index (Phi) is 3.01. The topological polar surface area (TPSA) is 20.2 Å². The Morgan fingerprint density at radius 2 is 1.88 bits per heavy atom. The second kappa shape index (κ2) is 3.30. The van der Waals surface area contributed by atoms with Crippen LogP contribution in [0.5, 0.6) is 0 Å². The Bertz CT molecular complexity index is 116. The summed E-state index contributed by atoms with van der Waals surface area (Å²) in [5, 5.41) is 8.67. The maximum absolute atomic E-state index is 8.67. The molecule has 0 atom stereocenters. The predicted molar refractivity (Wildman–Crippen MR) is 35.8 cm³/mol. The molecule has 0 aliphatic carbocycles. The summed E-state index contributed by atoms with van der Waals surface area (Å²) in [4.78, 5) is 0. The van der Waals surface area contributed by atoms with Crippen LogP contribution in [0.25, 0.3) is 0 Å². The summed E-state index contributed by atoms with van der Waals surface area (Å²) in [5.74, 6) is 0.362. The third kappa shape index (κ3) is 3.47. The highest BCUT2D eigenvalue weighted by Crippen LogP contribution is 1.96. The number of aliphatic hydroxyl groups excluding tert-OH is 1. The molecule has 1 heteroatoms. The lowest BCUT2D eigenvalue weighted by atomic mass is 10.2. The van der Waals surface area contributed by atoms with Crippen LogP contribution in [0.4, 0.5) is 0 Å². The lowest BCUT2D eigenvalue weighted by Gasteiger charge is -1.88. The summed E-state index contributed by atoms with van der Waals surface area (Å²) in [7, 11) is 0.